The van der Waals surface area contributed by atoms with Crippen LogP contribution >= 0.6 is 9.39 Å². The van der Waals surface area contributed by atoms with Gasteiger partial charge in [-0.05, 0) is 86.7 Å². The maximum atomic E-state index is 14.0. The number of pyridine rings is 1. The summed E-state index contributed by atoms with van der Waals surface area (Å²) in [6, 6.07) is 5.77. The van der Waals surface area contributed by atoms with E-state index in [1.807, 2.05) is 0 Å². The van der Waals surface area contributed by atoms with Crippen molar-refractivity contribution in [3.63, 3.8) is 0 Å². The van der Waals surface area contributed by atoms with Gasteiger partial charge in [-0.1, -0.05) is 15.5 Å². The lowest BCUT2D eigenvalue weighted by atomic mass is 9.81. The second kappa shape index (κ2) is 12.1. The predicted octanol–water partition coefficient (Wildman–Crippen LogP) is 7.62. The SMILES string of the molecule is COC(=O)[C@H]1CCC(c2cc(-c3ccc(F)cc3C)c(NC(=O)C(C)(C)c3cc(C(F)(F)F)cc(C(F)(F)F)c3)cn2)N1P. The molecule has 0 radical (unpaired) electrons. The van der Waals surface area contributed by atoms with Crippen LogP contribution in [0.15, 0.2) is 48.7 Å². The summed E-state index contributed by atoms with van der Waals surface area (Å²) in [5.74, 6) is -1.84. The lowest BCUT2D eigenvalue weighted by Crippen LogP contribution is -2.35. The van der Waals surface area contributed by atoms with Gasteiger partial charge in [0, 0.05) is 5.56 Å². The second-order valence-electron chi connectivity index (χ2n) is 11.1. The van der Waals surface area contributed by atoms with Crippen molar-refractivity contribution in [2.24, 2.45) is 0 Å². The van der Waals surface area contributed by atoms with Gasteiger partial charge in [0.2, 0.25) is 5.91 Å². The second-order valence-corrected chi connectivity index (χ2v) is 11.7. The zero-order chi connectivity index (χ0) is 32.8. The van der Waals surface area contributed by atoms with E-state index >= 15 is 0 Å². The molecule has 0 bridgehead atoms. The van der Waals surface area contributed by atoms with Crippen molar-refractivity contribution in [1.29, 1.82) is 0 Å². The van der Waals surface area contributed by atoms with Crippen LogP contribution in [0.5, 0.6) is 0 Å². The van der Waals surface area contributed by atoms with Gasteiger partial charge in [-0.15, -0.1) is 0 Å². The number of carbonyl (C=O) groups is 2. The lowest BCUT2D eigenvalue weighted by molar-refractivity contribution is -0.145. The molecule has 4 rings (SSSR count). The fraction of sp³-hybridized carbons (Fsp3) is 0.367. The fourth-order valence-corrected chi connectivity index (χ4v) is 5.71. The topological polar surface area (TPSA) is 71.5 Å². The average Bonchev–Trinajstić information content (AvgIpc) is 3.32. The summed E-state index contributed by atoms with van der Waals surface area (Å²) in [5.41, 5.74) is -3.47. The number of ether oxygens (including phenoxy) is 1. The maximum Gasteiger partial charge on any atom is 0.416 e. The Morgan fingerprint density at radius 3 is 2.07 bits per heavy atom. The number of alkyl halides is 6. The molecule has 2 aromatic carbocycles. The number of aryl methyl sites for hydroxylation is 1. The van der Waals surface area contributed by atoms with E-state index in [-0.39, 0.29) is 17.8 Å². The Morgan fingerprint density at radius 1 is 0.932 bits per heavy atom. The van der Waals surface area contributed by atoms with E-state index in [1.54, 1.807) is 17.7 Å². The summed E-state index contributed by atoms with van der Waals surface area (Å²) < 4.78 is 102. The first-order valence-electron chi connectivity index (χ1n) is 13.3. The molecule has 3 aromatic rings. The molecule has 1 aliphatic heterocycles. The molecule has 1 fully saturated rings. The molecule has 236 valence electrons. The number of benzene rings is 2. The van der Waals surface area contributed by atoms with Crippen LogP contribution in [0.25, 0.3) is 11.1 Å². The Morgan fingerprint density at radius 2 is 1.52 bits per heavy atom. The van der Waals surface area contributed by atoms with Crippen molar-refractivity contribution < 1.29 is 45.1 Å². The van der Waals surface area contributed by atoms with E-state index in [9.17, 15) is 40.3 Å². The van der Waals surface area contributed by atoms with Gasteiger partial charge >= 0.3 is 18.3 Å². The van der Waals surface area contributed by atoms with Gasteiger partial charge in [-0.25, -0.2) is 4.39 Å². The molecular formula is C30H29F7N3O3P. The number of rotatable bonds is 6. The third-order valence-corrected chi connectivity index (χ3v) is 8.50. The highest BCUT2D eigenvalue weighted by molar-refractivity contribution is 7.13. The normalized spacial score (nSPS) is 17.9. The Bertz CT molecular complexity index is 1560. The molecule has 2 heterocycles. The molecular weight excluding hydrogens is 614 g/mol. The highest BCUT2D eigenvalue weighted by atomic mass is 31.0. The summed E-state index contributed by atoms with van der Waals surface area (Å²) in [7, 11) is 3.77. The van der Waals surface area contributed by atoms with Crippen molar-refractivity contribution >= 4 is 27.0 Å². The Balaban J connectivity index is 1.77. The predicted molar refractivity (Wildman–Crippen MR) is 152 cm³/mol. The van der Waals surface area contributed by atoms with Gasteiger partial charge in [0.15, 0.2) is 0 Å². The van der Waals surface area contributed by atoms with Crippen molar-refractivity contribution in [1.82, 2.24) is 9.65 Å². The van der Waals surface area contributed by atoms with Gasteiger partial charge in [0.05, 0.1) is 47.3 Å². The van der Waals surface area contributed by atoms with Crippen LogP contribution in [0.4, 0.5) is 36.4 Å². The van der Waals surface area contributed by atoms with Gasteiger partial charge < -0.3 is 10.1 Å². The summed E-state index contributed by atoms with van der Waals surface area (Å²) in [4.78, 5) is 30.3. The van der Waals surface area contributed by atoms with E-state index in [0.29, 0.717) is 47.4 Å². The van der Waals surface area contributed by atoms with Crippen LogP contribution in [0, 0.1) is 12.7 Å². The number of methoxy groups -OCH3 is 1. The van der Waals surface area contributed by atoms with Crippen LogP contribution in [0.1, 0.15) is 60.7 Å². The van der Waals surface area contributed by atoms with E-state index in [2.05, 4.69) is 19.7 Å². The number of carbonyl (C=O) groups excluding carboxylic acids is 2. The maximum absolute atomic E-state index is 14.0. The number of halogens is 7. The van der Waals surface area contributed by atoms with Gasteiger partial charge in [0.1, 0.15) is 11.9 Å². The standard InChI is InChI=1S/C30H29F7N3O3P/c1-15-9-19(31)5-6-20(15)21-13-22(24-7-8-25(40(24)44)26(41)43-4)38-14-23(21)39-27(42)28(2,3)16-10-17(29(32,33)34)12-18(11-16)30(35,36)37/h5-6,9-14,24-25H,7-8,44H2,1-4H3,(H,39,42)/t24?,25-/m1/s1. The van der Waals surface area contributed by atoms with Crippen LogP contribution in [-0.4, -0.2) is 34.7 Å². The largest absolute Gasteiger partial charge is 0.468 e. The third-order valence-electron chi connectivity index (χ3n) is 7.78. The van der Waals surface area contributed by atoms with Gasteiger partial charge in [0.25, 0.3) is 0 Å². The molecule has 0 saturated carbocycles. The monoisotopic (exact) mass is 643 g/mol. The first kappa shape index (κ1) is 33.3. The van der Waals surface area contributed by atoms with Gasteiger partial charge in [-0.3, -0.25) is 19.2 Å². The summed E-state index contributed by atoms with van der Waals surface area (Å²) in [6.45, 7) is 4.06. The highest BCUT2D eigenvalue weighted by Crippen LogP contribution is 2.42. The number of hydrogen-bond donors (Lipinski definition) is 1. The Labute approximate surface area is 251 Å². The van der Waals surface area contributed by atoms with Crippen LogP contribution in [-0.2, 0) is 32.1 Å². The number of aromatic nitrogens is 1. The molecule has 3 atom stereocenters. The number of anilines is 1. The Kier molecular flexibility index (Phi) is 9.15. The van der Waals surface area contributed by atoms with Crippen LogP contribution in [0.2, 0.25) is 0 Å². The summed E-state index contributed by atoms with van der Waals surface area (Å²) >= 11 is 0. The number of nitrogens with one attached hydrogen (secondary N) is 1. The number of esters is 1. The lowest BCUT2D eigenvalue weighted by Gasteiger charge is -2.27. The smallest absolute Gasteiger partial charge is 0.416 e. The quantitative estimate of drug-likeness (QED) is 0.170. The molecule has 6 nitrogen and oxygen atoms in total. The zero-order valence-electron chi connectivity index (χ0n) is 24.0. The van der Waals surface area contributed by atoms with Gasteiger partial charge in [-0.2, -0.15) is 26.3 Å². The van der Waals surface area contributed by atoms with E-state index in [0.717, 1.165) is 0 Å². The molecule has 1 aromatic heterocycles. The molecule has 0 aliphatic carbocycles. The van der Waals surface area contributed by atoms with Crippen molar-refractivity contribution in [2.75, 3.05) is 12.4 Å². The minimum atomic E-state index is -5.09. The van der Waals surface area contributed by atoms with Crippen molar-refractivity contribution in [2.45, 2.75) is 63.5 Å². The molecule has 1 amide bonds. The highest BCUT2D eigenvalue weighted by Gasteiger charge is 2.41. The molecule has 2 unspecified atom stereocenters. The van der Waals surface area contributed by atoms with Crippen LogP contribution in [0.3, 0.4) is 0 Å². The molecule has 1 saturated heterocycles. The zero-order valence-corrected chi connectivity index (χ0v) is 25.2. The number of amides is 1. The summed E-state index contributed by atoms with van der Waals surface area (Å²) in [6.07, 6.45) is -7.84. The van der Waals surface area contributed by atoms with E-state index in [4.69, 9.17) is 4.74 Å². The molecule has 14 heteroatoms. The number of hydrogen-bond acceptors (Lipinski definition) is 5. The number of nitrogens with zero attached hydrogens (tertiary/aromatic N) is 2. The van der Waals surface area contributed by atoms with E-state index in [1.165, 1.54) is 45.4 Å². The van der Waals surface area contributed by atoms with Crippen molar-refractivity contribution in [3.05, 3.63) is 82.4 Å². The summed E-state index contributed by atoms with van der Waals surface area (Å²) in [5, 5.41) is 2.62. The molecule has 1 aliphatic rings. The molecule has 1 N–H and O–H groups in total. The molecule has 0 spiro atoms. The fourth-order valence-electron chi connectivity index (χ4n) is 5.14. The first-order chi connectivity index (χ1) is 20.3. The van der Waals surface area contributed by atoms with Crippen LogP contribution < -0.4 is 5.32 Å². The minimum absolute atomic E-state index is 0.00136. The third kappa shape index (κ3) is 6.73. The first-order valence-corrected chi connectivity index (χ1v) is 13.8. The van der Waals surface area contributed by atoms with E-state index < -0.39 is 58.2 Å². The average molecular weight is 644 g/mol. The van der Waals surface area contributed by atoms with Crippen molar-refractivity contribution in [3.8, 4) is 11.1 Å². The Hall–Kier alpha value is -3.57. The molecule has 44 heavy (non-hydrogen) atoms. The minimum Gasteiger partial charge on any atom is -0.468 e.